The van der Waals surface area contributed by atoms with Crippen molar-refractivity contribution in [1.29, 1.82) is 0 Å². The SMILES string of the molecule is CCc1ccc(CC(=O)CC2(N)CCCC2)s1. The minimum Gasteiger partial charge on any atom is -0.325 e. The molecule has 0 aromatic carbocycles. The van der Waals surface area contributed by atoms with Crippen molar-refractivity contribution in [2.75, 3.05) is 0 Å². The molecule has 1 fully saturated rings. The van der Waals surface area contributed by atoms with Crippen LogP contribution in [0, 0.1) is 0 Å². The molecule has 0 aliphatic heterocycles. The Labute approximate surface area is 107 Å². The normalized spacial score (nSPS) is 18.5. The minimum absolute atomic E-state index is 0.193. The van der Waals surface area contributed by atoms with Crippen LogP contribution >= 0.6 is 11.3 Å². The van der Waals surface area contributed by atoms with E-state index in [1.807, 2.05) is 0 Å². The van der Waals surface area contributed by atoms with Crippen molar-refractivity contribution < 1.29 is 4.79 Å². The Kier molecular flexibility index (Phi) is 4.00. The van der Waals surface area contributed by atoms with Gasteiger partial charge in [-0.3, -0.25) is 4.79 Å². The fourth-order valence-corrected chi connectivity index (χ4v) is 3.60. The Morgan fingerprint density at radius 2 is 2.00 bits per heavy atom. The van der Waals surface area contributed by atoms with Crippen molar-refractivity contribution in [2.45, 2.75) is 57.4 Å². The maximum atomic E-state index is 12.0. The molecule has 1 aromatic heterocycles. The van der Waals surface area contributed by atoms with Crippen LogP contribution in [-0.2, 0) is 17.6 Å². The second-order valence-electron chi connectivity index (χ2n) is 5.18. The van der Waals surface area contributed by atoms with Crippen LogP contribution in [0.2, 0.25) is 0 Å². The lowest BCUT2D eigenvalue weighted by molar-refractivity contribution is -0.119. The van der Waals surface area contributed by atoms with Gasteiger partial charge in [0.15, 0.2) is 0 Å². The summed E-state index contributed by atoms with van der Waals surface area (Å²) in [6, 6.07) is 4.21. The molecule has 17 heavy (non-hydrogen) atoms. The molecule has 0 bridgehead atoms. The van der Waals surface area contributed by atoms with Gasteiger partial charge in [0.25, 0.3) is 0 Å². The molecule has 1 heterocycles. The molecule has 0 spiro atoms. The van der Waals surface area contributed by atoms with Gasteiger partial charge in [0.2, 0.25) is 0 Å². The van der Waals surface area contributed by atoms with Gasteiger partial charge in [0, 0.05) is 28.1 Å². The Balaban J connectivity index is 1.88. The van der Waals surface area contributed by atoms with Crippen LogP contribution < -0.4 is 5.73 Å². The van der Waals surface area contributed by atoms with Crippen molar-refractivity contribution in [2.24, 2.45) is 5.73 Å². The zero-order valence-electron chi connectivity index (χ0n) is 10.5. The number of nitrogens with two attached hydrogens (primary N) is 1. The number of hydrogen-bond donors (Lipinski definition) is 1. The second-order valence-corrected chi connectivity index (χ2v) is 6.44. The van der Waals surface area contributed by atoms with E-state index in [0.29, 0.717) is 18.6 Å². The van der Waals surface area contributed by atoms with Crippen molar-refractivity contribution in [3.8, 4) is 0 Å². The molecule has 1 saturated carbocycles. The van der Waals surface area contributed by atoms with E-state index in [0.717, 1.165) is 19.3 Å². The molecule has 0 saturated heterocycles. The van der Waals surface area contributed by atoms with E-state index < -0.39 is 0 Å². The lowest BCUT2D eigenvalue weighted by Crippen LogP contribution is -2.39. The molecule has 2 N–H and O–H groups in total. The maximum Gasteiger partial charge on any atom is 0.139 e. The number of Topliss-reactive ketones (excluding diaryl/α,β-unsaturated/α-hetero) is 1. The largest absolute Gasteiger partial charge is 0.325 e. The zero-order valence-corrected chi connectivity index (χ0v) is 11.3. The molecule has 0 amide bonds. The van der Waals surface area contributed by atoms with Crippen LogP contribution in [0.5, 0.6) is 0 Å². The highest BCUT2D eigenvalue weighted by Gasteiger charge is 2.31. The van der Waals surface area contributed by atoms with Crippen LogP contribution in [0.3, 0.4) is 0 Å². The van der Waals surface area contributed by atoms with E-state index in [1.54, 1.807) is 11.3 Å². The summed E-state index contributed by atoms with van der Waals surface area (Å²) in [7, 11) is 0. The van der Waals surface area contributed by atoms with Crippen molar-refractivity contribution in [3.63, 3.8) is 0 Å². The smallest absolute Gasteiger partial charge is 0.139 e. The molecule has 1 aliphatic rings. The third kappa shape index (κ3) is 3.39. The van der Waals surface area contributed by atoms with Crippen LogP contribution in [-0.4, -0.2) is 11.3 Å². The van der Waals surface area contributed by atoms with Gasteiger partial charge in [-0.25, -0.2) is 0 Å². The Hall–Kier alpha value is -0.670. The van der Waals surface area contributed by atoms with Gasteiger partial charge in [-0.1, -0.05) is 19.8 Å². The number of carbonyl (C=O) groups is 1. The molecule has 0 atom stereocenters. The highest BCUT2D eigenvalue weighted by atomic mass is 32.1. The lowest BCUT2D eigenvalue weighted by Gasteiger charge is -2.22. The monoisotopic (exact) mass is 251 g/mol. The fourth-order valence-electron chi connectivity index (χ4n) is 2.61. The molecule has 3 heteroatoms. The average molecular weight is 251 g/mol. The van der Waals surface area contributed by atoms with Crippen LogP contribution in [0.1, 0.15) is 48.8 Å². The third-order valence-electron chi connectivity index (χ3n) is 3.59. The van der Waals surface area contributed by atoms with E-state index >= 15 is 0 Å². The lowest BCUT2D eigenvalue weighted by atomic mass is 9.91. The summed E-state index contributed by atoms with van der Waals surface area (Å²) in [6.07, 6.45) is 6.59. The number of hydrogen-bond acceptors (Lipinski definition) is 3. The van der Waals surface area contributed by atoms with Gasteiger partial charge in [0.05, 0.1) is 0 Å². The summed E-state index contributed by atoms with van der Waals surface area (Å²) in [5, 5.41) is 0. The van der Waals surface area contributed by atoms with Gasteiger partial charge in [-0.05, 0) is 31.4 Å². The summed E-state index contributed by atoms with van der Waals surface area (Å²) in [4.78, 5) is 14.5. The summed E-state index contributed by atoms with van der Waals surface area (Å²) in [6.45, 7) is 2.14. The van der Waals surface area contributed by atoms with E-state index in [-0.39, 0.29) is 5.54 Å². The summed E-state index contributed by atoms with van der Waals surface area (Å²) >= 11 is 1.76. The zero-order chi connectivity index (χ0) is 12.3. The number of rotatable bonds is 5. The summed E-state index contributed by atoms with van der Waals surface area (Å²) in [5.41, 5.74) is 6.04. The van der Waals surface area contributed by atoms with Gasteiger partial charge in [-0.2, -0.15) is 0 Å². The van der Waals surface area contributed by atoms with Crippen molar-refractivity contribution >= 4 is 17.1 Å². The maximum absolute atomic E-state index is 12.0. The standard InChI is InChI=1S/C14H21NOS/c1-2-12-5-6-13(17-12)9-11(16)10-14(15)7-3-4-8-14/h5-6H,2-4,7-10,15H2,1H3. The molecule has 0 unspecified atom stereocenters. The molecule has 2 nitrogen and oxygen atoms in total. The molecular weight excluding hydrogens is 230 g/mol. The molecule has 2 rings (SSSR count). The van der Waals surface area contributed by atoms with Crippen LogP contribution in [0.15, 0.2) is 12.1 Å². The molecule has 1 aliphatic carbocycles. The van der Waals surface area contributed by atoms with E-state index in [2.05, 4.69) is 19.1 Å². The van der Waals surface area contributed by atoms with E-state index in [4.69, 9.17) is 5.73 Å². The Morgan fingerprint density at radius 1 is 1.35 bits per heavy atom. The van der Waals surface area contributed by atoms with Gasteiger partial charge in [0.1, 0.15) is 5.78 Å². The molecule has 0 radical (unpaired) electrons. The number of thiophene rings is 1. The van der Waals surface area contributed by atoms with Crippen molar-refractivity contribution in [3.05, 3.63) is 21.9 Å². The molecule has 1 aromatic rings. The average Bonchev–Trinajstić information content (AvgIpc) is 2.87. The summed E-state index contributed by atoms with van der Waals surface area (Å²) in [5.74, 6) is 0.305. The third-order valence-corrected chi connectivity index (χ3v) is 4.82. The first-order valence-electron chi connectivity index (χ1n) is 6.49. The predicted octanol–water partition coefficient (Wildman–Crippen LogP) is 3.08. The van der Waals surface area contributed by atoms with Crippen LogP contribution in [0.4, 0.5) is 0 Å². The first-order chi connectivity index (χ1) is 8.11. The Morgan fingerprint density at radius 3 is 2.59 bits per heavy atom. The number of aryl methyl sites for hydroxylation is 1. The molecular formula is C14H21NOS. The molecule has 94 valence electrons. The summed E-state index contributed by atoms with van der Waals surface area (Å²) < 4.78 is 0. The number of carbonyl (C=O) groups excluding carboxylic acids is 1. The fraction of sp³-hybridized carbons (Fsp3) is 0.643. The highest BCUT2D eigenvalue weighted by molar-refractivity contribution is 7.12. The van der Waals surface area contributed by atoms with E-state index in [1.165, 1.54) is 22.6 Å². The Bertz CT molecular complexity index is 391. The second kappa shape index (κ2) is 5.32. The van der Waals surface area contributed by atoms with Gasteiger partial charge >= 0.3 is 0 Å². The topological polar surface area (TPSA) is 43.1 Å². The number of ketones is 1. The highest BCUT2D eigenvalue weighted by Crippen LogP contribution is 2.30. The van der Waals surface area contributed by atoms with Gasteiger partial charge in [-0.15, -0.1) is 11.3 Å². The van der Waals surface area contributed by atoms with Gasteiger partial charge < -0.3 is 5.73 Å². The van der Waals surface area contributed by atoms with Crippen molar-refractivity contribution in [1.82, 2.24) is 0 Å². The first kappa shape index (κ1) is 12.8. The van der Waals surface area contributed by atoms with Crippen LogP contribution in [0.25, 0.3) is 0 Å². The van der Waals surface area contributed by atoms with E-state index in [9.17, 15) is 4.79 Å². The minimum atomic E-state index is -0.193. The predicted molar refractivity (Wildman–Crippen MR) is 72.4 cm³/mol. The quantitative estimate of drug-likeness (QED) is 0.874. The first-order valence-corrected chi connectivity index (χ1v) is 7.31.